The topological polar surface area (TPSA) is 78.5 Å². The summed E-state index contributed by atoms with van der Waals surface area (Å²) in [7, 11) is -0.907. The van der Waals surface area contributed by atoms with E-state index in [1.165, 1.54) is 20.2 Å². The van der Waals surface area contributed by atoms with Crippen LogP contribution in [0.25, 0.3) is 0 Å². The van der Waals surface area contributed by atoms with Crippen LogP contribution in [0.3, 0.4) is 0 Å². The molecule has 8 heteroatoms. The number of hydrogen-bond acceptors (Lipinski definition) is 3. The van der Waals surface area contributed by atoms with Crippen LogP contribution >= 0.6 is 0 Å². The zero-order valence-electron chi connectivity index (χ0n) is 13.5. The molecule has 1 saturated carbocycles. The lowest BCUT2D eigenvalue weighted by molar-refractivity contribution is 0.251. The quantitative estimate of drug-likeness (QED) is 0.832. The van der Waals surface area contributed by atoms with Crippen LogP contribution in [0.5, 0.6) is 0 Å². The molecule has 0 aliphatic heterocycles. The number of anilines is 1. The summed E-state index contributed by atoms with van der Waals surface area (Å²) < 4.78 is 39.0. The molecular weight excluding hydrogens is 321 g/mol. The monoisotopic (exact) mass is 343 g/mol. The minimum Gasteiger partial charge on any atom is -0.335 e. The number of amides is 2. The molecule has 0 heterocycles. The average molecular weight is 343 g/mol. The van der Waals surface area contributed by atoms with E-state index in [4.69, 9.17) is 0 Å². The molecule has 1 aliphatic carbocycles. The van der Waals surface area contributed by atoms with E-state index in [1.54, 1.807) is 0 Å². The van der Waals surface area contributed by atoms with Gasteiger partial charge in [-0.25, -0.2) is 21.9 Å². The van der Waals surface area contributed by atoms with Crippen molar-refractivity contribution in [1.29, 1.82) is 0 Å². The van der Waals surface area contributed by atoms with Gasteiger partial charge in [0.2, 0.25) is 10.0 Å². The van der Waals surface area contributed by atoms with Crippen molar-refractivity contribution in [2.24, 2.45) is 5.92 Å². The van der Waals surface area contributed by atoms with Crippen molar-refractivity contribution >= 4 is 21.7 Å². The molecule has 0 spiro atoms. The number of urea groups is 1. The van der Waals surface area contributed by atoms with Crippen molar-refractivity contribution in [1.82, 2.24) is 9.62 Å². The Morgan fingerprint density at radius 3 is 2.70 bits per heavy atom. The van der Waals surface area contributed by atoms with Gasteiger partial charge in [0.1, 0.15) is 5.82 Å². The molecule has 2 rings (SSSR count). The largest absolute Gasteiger partial charge is 0.335 e. The number of hydrogen-bond donors (Lipinski definition) is 2. The van der Waals surface area contributed by atoms with E-state index in [0.717, 1.165) is 35.7 Å². The van der Waals surface area contributed by atoms with Gasteiger partial charge in [-0.1, -0.05) is 13.3 Å². The van der Waals surface area contributed by atoms with E-state index in [2.05, 4.69) is 17.6 Å². The van der Waals surface area contributed by atoms with Crippen LogP contribution < -0.4 is 10.6 Å². The molecular formula is C15H22FN3O3S. The third-order valence-corrected chi connectivity index (χ3v) is 5.67. The molecule has 0 unspecified atom stereocenters. The predicted octanol–water partition coefficient (Wildman–Crippen LogP) is 2.39. The number of halogens is 1. The summed E-state index contributed by atoms with van der Waals surface area (Å²) in [6.07, 6.45) is 3.04. The minimum atomic E-state index is -3.68. The molecule has 23 heavy (non-hydrogen) atoms. The molecule has 128 valence electrons. The molecule has 0 aromatic heterocycles. The molecule has 1 aromatic rings. The highest BCUT2D eigenvalue weighted by molar-refractivity contribution is 7.89. The summed E-state index contributed by atoms with van der Waals surface area (Å²) in [6.45, 7) is 2.08. The zero-order valence-corrected chi connectivity index (χ0v) is 14.3. The molecule has 0 bridgehead atoms. The Balaban J connectivity index is 2.07. The van der Waals surface area contributed by atoms with Gasteiger partial charge in [-0.05, 0) is 37.0 Å². The van der Waals surface area contributed by atoms with Gasteiger partial charge >= 0.3 is 6.03 Å². The maximum atomic E-state index is 13.8. The SMILES string of the molecule is CCC[C@@H]1C[C@H]1NC(=O)Nc1cc(S(=O)(=O)N(C)C)ccc1F. The first-order chi connectivity index (χ1) is 10.8. The molecule has 0 radical (unpaired) electrons. The average Bonchev–Trinajstić information content (AvgIpc) is 3.18. The summed E-state index contributed by atoms with van der Waals surface area (Å²) >= 11 is 0. The zero-order chi connectivity index (χ0) is 17.2. The lowest BCUT2D eigenvalue weighted by Gasteiger charge is -2.13. The van der Waals surface area contributed by atoms with Crippen molar-refractivity contribution in [3.05, 3.63) is 24.0 Å². The molecule has 1 aliphatic rings. The highest BCUT2D eigenvalue weighted by Gasteiger charge is 2.37. The molecule has 6 nitrogen and oxygen atoms in total. The second-order valence-electron chi connectivity index (χ2n) is 5.92. The summed E-state index contributed by atoms with van der Waals surface area (Å²) in [5, 5.41) is 5.16. The molecule has 0 saturated heterocycles. The third kappa shape index (κ3) is 4.20. The van der Waals surface area contributed by atoms with Crippen LogP contribution in [0.1, 0.15) is 26.2 Å². The lowest BCUT2D eigenvalue weighted by Crippen LogP contribution is -2.32. The molecule has 2 atom stereocenters. The second kappa shape index (κ2) is 6.84. The molecule has 1 fully saturated rings. The van der Waals surface area contributed by atoms with Crippen molar-refractivity contribution in [2.45, 2.75) is 37.1 Å². The van der Waals surface area contributed by atoms with E-state index in [9.17, 15) is 17.6 Å². The normalized spacial score (nSPS) is 20.4. The summed E-state index contributed by atoms with van der Waals surface area (Å²) in [6, 6.07) is 2.92. The second-order valence-corrected chi connectivity index (χ2v) is 8.07. The van der Waals surface area contributed by atoms with Gasteiger partial charge in [-0.3, -0.25) is 0 Å². The van der Waals surface area contributed by atoms with Crippen LogP contribution in [0.4, 0.5) is 14.9 Å². The van der Waals surface area contributed by atoms with Crippen LogP contribution in [-0.2, 0) is 10.0 Å². The predicted molar refractivity (Wildman–Crippen MR) is 86.2 cm³/mol. The van der Waals surface area contributed by atoms with E-state index in [1.807, 2.05) is 0 Å². The minimum absolute atomic E-state index is 0.0746. The number of carbonyl (C=O) groups is 1. The molecule has 1 aromatic carbocycles. The van der Waals surface area contributed by atoms with Crippen molar-refractivity contribution in [2.75, 3.05) is 19.4 Å². The van der Waals surface area contributed by atoms with Crippen molar-refractivity contribution in [3.8, 4) is 0 Å². The number of rotatable bonds is 6. The van der Waals surface area contributed by atoms with Gasteiger partial charge in [0.15, 0.2) is 0 Å². The van der Waals surface area contributed by atoms with Gasteiger partial charge in [-0.15, -0.1) is 0 Å². The molecule has 2 N–H and O–H groups in total. The van der Waals surface area contributed by atoms with Crippen LogP contribution in [-0.4, -0.2) is 38.9 Å². The highest BCUT2D eigenvalue weighted by atomic mass is 32.2. The Labute approximate surface area is 136 Å². The number of benzene rings is 1. The fraction of sp³-hybridized carbons (Fsp3) is 0.533. The Morgan fingerprint density at radius 1 is 1.39 bits per heavy atom. The van der Waals surface area contributed by atoms with Gasteiger partial charge in [0.05, 0.1) is 10.6 Å². The summed E-state index contributed by atoms with van der Waals surface area (Å²) in [5.41, 5.74) is -0.155. The number of sulfonamides is 1. The Hall–Kier alpha value is -1.67. The van der Waals surface area contributed by atoms with Crippen LogP contribution in [0, 0.1) is 11.7 Å². The lowest BCUT2D eigenvalue weighted by atomic mass is 10.2. The standard InChI is InChI=1S/C15H22FN3O3S/c1-4-5-10-8-13(10)17-15(20)18-14-9-11(6-7-12(14)16)23(21,22)19(2)3/h6-7,9-10,13H,4-5,8H2,1-3H3,(H2,17,18,20)/t10-,13-/m1/s1. The first kappa shape index (κ1) is 17.7. The summed E-state index contributed by atoms with van der Waals surface area (Å²) in [5.74, 6) is -0.199. The van der Waals surface area contributed by atoms with E-state index in [-0.39, 0.29) is 16.6 Å². The first-order valence-electron chi connectivity index (χ1n) is 7.55. The third-order valence-electron chi connectivity index (χ3n) is 3.86. The van der Waals surface area contributed by atoms with Gasteiger partial charge in [0.25, 0.3) is 0 Å². The maximum absolute atomic E-state index is 13.8. The maximum Gasteiger partial charge on any atom is 0.319 e. The van der Waals surface area contributed by atoms with E-state index in [0.29, 0.717) is 5.92 Å². The van der Waals surface area contributed by atoms with E-state index < -0.39 is 21.9 Å². The Morgan fingerprint density at radius 2 is 2.09 bits per heavy atom. The Bertz CT molecular complexity index is 691. The highest BCUT2D eigenvalue weighted by Crippen LogP contribution is 2.34. The van der Waals surface area contributed by atoms with Gasteiger partial charge in [-0.2, -0.15) is 0 Å². The van der Waals surface area contributed by atoms with Gasteiger partial charge in [0, 0.05) is 20.1 Å². The Kier molecular flexibility index (Phi) is 5.26. The number of nitrogens with one attached hydrogen (secondary N) is 2. The number of carbonyl (C=O) groups excluding carboxylic acids is 1. The van der Waals surface area contributed by atoms with Crippen LogP contribution in [0.2, 0.25) is 0 Å². The smallest absolute Gasteiger partial charge is 0.319 e. The van der Waals surface area contributed by atoms with Crippen LogP contribution in [0.15, 0.2) is 23.1 Å². The molecule has 2 amide bonds. The summed E-state index contributed by atoms with van der Waals surface area (Å²) in [4.78, 5) is 11.8. The van der Waals surface area contributed by atoms with Gasteiger partial charge < -0.3 is 10.6 Å². The van der Waals surface area contributed by atoms with E-state index >= 15 is 0 Å². The fourth-order valence-electron chi connectivity index (χ4n) is 2.41. The first-order valence-corrected chi connectivity index (χ1v) is 8.99. The fourth-order valence-corrected chi connectivity index (χ4v) is 3.34. The van der Waals surface area contributed by atoms with Crippen molar-refractivity contribution in [3.63, 3.8) is 0 Å². The number of nitrogens with zero attached hydrogens (tertiary/aromatic N) is 1. The van der Waals surface area contributed by atoms with Crippen molar-refractivity contribution < 1.29 is 17.6 Å².